The molecule has 9 heteroatoms. The van der Waals surface area contributed by atoms with Crippen LogP contribution in [0.2, 0.25) is 5.02 Å². The molecule has 0 spiro atoms. The van der Waals surface area contributed by atoms with Crippen LogP contribution in [0.3, 0.4) is 0 Å². The van der Waals surface area contributed by atoms with E-state index >= 15 is 0 Å². The van der Waals surface area contributed by atoms with Crippen LogP contribution in [0.15, 0.2) is 48.8 Å². The zero-order valence-electron chi connectivity index (χ0n) is 23.0. The van der Waals surface area contributed by atoms with Gasteiger partial charge in [-0.25, -0.2) is 9.97 Å². The Morgan fingerprint density at radius 3 is 1.65 bits per heavy atom. The van der Waals surface area contributed by atoms with E-state index in [9.17, 15) is 10.2 Å². The molecule has 2 aliphatic heterocycles. The molecular formula is C31H33ClN6O2. The fourth-order valence-corrected chi connectivity index (χ4v) is 5.82. The van der Waals surface area contributed by atoms with E-state index in [1.165, 1.54) is 0 Å². The van der Waals surface area contributed by atoms with Gasteiger partial charge in [0.1, 0.15) is 0 Å². The molecule has 2 aromatic carbocycles. The lowest BCUT2D eigenvalue weighted by Gasteiger charge is -2.35. The number of hydrogen-bond donors (Lipinski definition) is 2. The van der Waals surface area contributed by atoms with E-state index < -0.39 is 0 Å². The van der Waals surface area contributed by atoms with Crippen molar-refractivity contribution in [1.29, 1.82) is 0 Å². The molecular weight excluding hydrogens is 524 g/mol. The third-order valence-electron chi connectivity index (χ3n) is 7.89. The monoisotopic (exact) mass is 556 g/mol. The van der Waals surface area contributed by atoms with Gasteiger partial charge < -0.3 is 10.2 Å². The topological polar surface area (TPSA) is 98.5 Å². The number of aryl methyl sites for hydroxylation is 2. The predicted molar refractivity (Wildman–Crippen MR) is 156 cm³/mol. The standard InChI is InChI=1S/C31H33ClN6O2/c1-18-23(6-4-7-24(18)27-10-33-29(19(2)35-27)16-37-12-21(39)13-37)25-8-5-9-26(31(25)32)28-11-34-30(20(3)36-28)17-38-14-22(40)15-38/h4-11,21-22,39-40H,12-17H2,1-3H3. The fraction of sp³-hybridized carbons (Fsp3) is 0.355. The average Bonchev–Trinajstić information content (AvgIpc) is 2.89. The molecule has 6 rings (SSSR count). The summed E-state index contributed by atoms with van der Waals surface area (Å²) in [5.74, 6) is 0. The first-order chi connectivity index (χ1) is 19.3. The molecule has 0 unspecified atom stereocenters. The number of rotatable bonds is 7. The van der Waals surface area contributed by atoms with E-state index in [-0.39, 0.29) is 12.2 Å². The minimum Gasteiger partial charge on any atom is -0.390 e. The maximum absolute atomic E-state index is 9.58. The second-order valence-corrected chi connectivity index (χ2v) is 11.3. The van der Waals surface area contributed by atoms with Crippen molar-refractivity contribution in [2.75, 3.05) is 26.2 Å². The number of aliphatic hydroxyl groups is 2. The number of halogens is 1. The second-order valence-electron chi connectivity index (χ2n) is 10.9. The first-order valence-electron chi connectivity index (χ1n) is 13.6. The van der Waals surface area contributed by atoms with E-state index in [1.807, 2.05) is 44.3 Å². The summed E-state index contributed by atoms with van der Waals surface area (Å²) in [6.07, 6.45) is 3.15. The summed E-state index contributed by atoms with van der Waals surface area (Å²) in [5.41, 5.74) is 10.0. The van der Waals surface area contributed by atoms with Crippen LogP contribution in [-0.4, -0.2) is 78.3 Å². The normalized spacial score (nSPS) is 16.6. The molecule has 0 aliphatic carbocycles. The number of benzene rings is 2. The van der Waals surface area contributed by atoms with Crippen LogP contribution in [0, 0.1) is 20.8 Å². The molecule has 2 aromatic heterocycles. The molecule has 2 fully saturated rings. The molecule has 2 saturated heterocycles. The minimum absolute atomic E-state index is 0.232. The van der Waals surface area contributed by atoms with Gasteiger partial charge in [0.2, 0.25) is 0 Å². The number of β-amino-alcohol motifs (C(OH)–C–C–N with tert-alkyl or cyclic N) is 2. The molecule has 40 heavy (non-hydrogen) atoms. The van der Waals surface area contributed by atoms with Gasteiger partial charge in [-0.1, -0.05) is 48.0 Å². The van der Waals surface area contributed by atoms with Crippen LogP contribution in [0.4, 0.5) is 0 Å². The van der Waals surface area contributed by atoms with Crippen LogP contribution < -0.4 is 0 Å². The molecule has 2 aliphatic rings. The lowest BCUT2D eigenvalue weighted by Crippen LogP contribution is -2.50. The molecule has 4 aromatic rings. The summed E-state index contributed by atoms with van der Waals surface area (Å²) < 4.78 is 0. The predicted octanol–water partition coefficient (Wildman–Crippen LogP) is 4.20. The fourth-order valence-electron chi connectivity index (χ4n) is 5.49. The van der Waals surface area contributed by atoms with Gasteiger partial charge in [-0.2, -0.15) is 0 Å². The van der Waals surface area contributed by atoms with Crippen LogP contribution >= 0.6 is 11.6 Å². The number of likely N-dealkylation sites (tertiary alicyclic amines) is 2. The molecule has 0 saturated carbocycles. The van der Waals surface area contributed by atoms with Crippen LogP contribution in [0.1, 0.15) is 28.3 Å². The zero-order valence-corrected chi connectivity index (χ0v) is 23.7. The smallest absolute Gasteiger partial charge is 0.0903 e. The second kappa shape index (κ2) is 11.0. The summed E-state index contributed by atoms with van der Waals surface area (Å²) in [6.45, 7) is 10.1. The van der Waals surface area contributed by atoms with Crippen molar-refractivity contribution in [1.82, 2.24) is 29.7 Å². The minimum atomic E-state index is -0.238. The highest BCUT2D eigenvalue weighted by atomic mass is 35.5. The third-order valence-corrected chi connectivity index (χ3v) is 8.30. The number of aromatic nitrogens is 4. The molecule has 0 radical (unpaired) electrons. The average molecular weight is 557 g/mol. The molecule has 4 heterocycles. The summed E-state index contributed by atoms with van der Waals surface area (Å²) in [6, 6.07) is 12.2. The van der Waals surface area contributed by atoms with E-state index in [0.717, 1.165) is 62.0 Å². The molecule has 8 nitrogen and oxygen atoms in total. The lowest BCUT2D eigenvalue weighted by molar-refractivity contribution is -0.00392. The highest BCUT2D eigenvalue weighted by Gasteiger charge is 2.26. The van der Waals surface area contributed by atoms with Gasteiger partial charge in [-0.05, 0) is 31.9 Å². The summed E-state index contributed by atoms with van der Waals surface area (Å²) >= 11 is 7.04. The van der Waals surface area contributed by atoms with Gasteiger partial charge in [0.25, 0.3) is 0 Å². The SMILES string of the molecule is Cc1nc(-c2cccc(-c3cccc(-c4cnc(CN5CC(O)C5)c(C)n4)c3Cl)c2C)cnc1CN1CC(O)C1. The maximum atomic E-state index is 9.58. The third kappa shape index (κ3) is 5.25. The highest BCUT2D eigenvalue weighted by Crippen LogP contribution is 2.39. The van der Waals surface area contributed by atoms with Crippen LogP contribution in [-0.2, 0) is 13.1 Å². The van der Waals surface area contributed by atoms with Crippen molar-refractivity contribution >= 4 is 11.6 Å². The molecule has 0 amide bonds. The van der Waals surface area contributed by atoms with Crippen molar-refractivity contribution in [3.8, 4) is 33.6 Å². The van der Waals surface area contributed by atoms with Gasteiger partial charge in [0, 0.05) is 56.0 Å². The van der Waals surface area contributed by atoms with E-state index in [2.05, 4.69) is 33.8 Å². The van der Waals surface area contributed by atoms with Gasteiger partial charge in [-0.15, -0.1) is 0 Å². The Hall–Kier alpha value is -3.27. The van der Waals surface area contributed by atoms with E-state index in [1.54, 1.807) is 6.20 Å². The molecule has 206 valence electrons. The first kappa shape index (κ1) is 26.9. The van der Waals surface area contributed by atoms with Gasteiger partial charge >= 0.3 is 0 Å². The Kier molecular flexibility index (Phi) is 7.37. The Morgan fingerprint density at radius 1 is 0.700 bits per heavy atom. The summed E-state index contributed by atoms with van der Waals surface area (Å²) in [4.78, 5) is 23.5. The summed E-state index contributed by atoms with van der Waals surface area (Å²) in [7, 11) is 0. The van der Waals surface area contributed by atoms with E-state index in [0.29, 0.717) is 44.3 Å². The van der Waals surface area contributed by atoms with Crippen molar-refractivity contribution in [3.63, 3.8) is 0 Å². The number of aliphatic hydroxyl groups excluding tert-OH is 2. The molecule has 0 bridgehead atoms. The van der Waals surface area contributed by atoms with Crippen molar-refractivity contribution in [2.24, 2.45) is 0 Å². The lowest BCUT2D eigenvalue weighted by atomic mass is 9.93. The van der Waals surface area contributed by atoms with Crippen LogP contribution in [0.5, 0.6) is 0 Å². The number of nitrogens with zero attached hydrogens (tertiary/aromatic N) is 6. The Labute approximate surface area is 239 Å². The Bertz CT molecular complexity index is 1450. The summed E-state index contributed by atoms with van der Waals surface area (Å²) in [5, 5.41) is 19.8. The van der Waals surface area contributed by atoms with Gasteiger partial charge in [0.15, 0.2) is 0 Å². The van der Waals surface area contributed by atoms with Gasteiger partial charge in [-0.3, -0.25) is 19.8 Å². The van der Waals surface area contributed by atoms with Gasteiger partial charge in [0.05, 0.1) is 63.8 Å². The Morgan fingerprint density at radius 2 is 1.15 bits per heavy atom. The molecule has 2 N–H and O–H groups in total. The number of hydrogen-bond acceptors (Lipinski definition) is 8. The van der Waals surface area contributed by atoms with Crippen molar-refractivity contribution in [2.45, 2.75) is 46.1 Å². The van der Waals surface area contributed by atoms with Crippen molar-refractivity contribution in [3.05, 3.63) is 82.2 Å². The maximum Gasteiger partial charge on any atom is 0.0903 e. The zero-order chi connectivity index (χ0) is 28.0. The largest absolute Gasteiger partial charge is 0.390 e. The van der Waals surface area contributed by atoms with Crippen LogP contribution in [0.25, 0.3) is 33.6 Å². The van der Waals surface area contributed by atoms with E-state index in [4.69, 9.17) is 26.6 Å². The Balaban J connectivity index is 1.28. The quantitative estimate of drug-likeness (QED) is 0.349. The highest BCUT2D eigenvalue weighted by molar-refractivity contribution is 6.36. The first-order valence-corrected chi connectivity index (χ1v) is 14.0. The van der Waals surface area contributed by atoms with Crippen molar-refractivity contribution < 1.29 is 10.2 Å². The molecule has 0 atom stereocenters.